The zero-order valence-corrected chi connectivity index (χ0v) is 16.2. The van der Waals surface area contributed by atoms with Gasteiger partial charge >= 0.3 is 0 Å². The van der Waals surface area contributed by atoms with E-state index in [0.29, 0.717) is 29.8 Å². The Balaban J connectivity index is 1.97. The number of carbonyl (C=O) groups excluding carboxylic acids is 2. The standard InChI is InChI=1S/C21H25N3O4/c1-24(27-2)21(26)18-10-4-3-7-13-28-15-11-12-22-19(14-15)16-8-5-6-9-17(16)20(25)23-18/h5-6,8-9,11-12,14,18H,3-4,7,10,13H2,1-2H3,(H,23,25)/t18-/m0/s1. The Morgan fingerprint density at radius 1 is 1.21 bits per heavy atom. The highest BCUT2D eigenvalue weighted by molar-refractivity contribution is 6.02. The first-order chi connectivity index (χ1) is 13.6. The maximum absolute atomic E-state index is 13.0. The van der Waals surface area contributed by atoms with Gasteiger partial charge in [0.25, 0.3) is 11.8 Å². The minimum atomic E-state index is -0.659. The molecule has 2 amide bonds. The summed E-state index contributed by atoms with van der Waals surface area (Å²) in [6, 6.07) is 10.2. The van der Waals surface area contributed by atoms with Crippen LogP contribution in [-0.2, 0) is 9.63 Å². The summed E-state index contributed by atoms with van der Waals surface area (Å²) in [4.78, 5) is 35.0. The highest BCUT2D eigenvalue weighted by Crippen LogP contribution is 2.25. The van der Waals surface area contributed by atoms with Crippen LogP contribution in [-0.4, -0.2) is 48.7 Å². The zero-order valence-electron chi connectivity index (χ0n) is 16.2. The molecule has 3 rings (SSSR count). The molecule has 1 atom stereocenters. The molecule has 148 valence electrons. The van der Waals surface area contributed by atoms with Crippen molar-refractivity contribution in [2.24, 2.45) is 0 Å². The van der Waals surface area contributed by atoms with Gasteiger partial charge in [-0.2, -0.15) is 0 Å². The van der Waals surface area contributed by atoms with E-state index in [-0.39, 0.29) is 11.8 Å². The Kier molecular flexibility index (Phi) is 6.60. The van der Waals surface area contributed by atoms with Crippen LogP contribution in [0.1, 0.15) is 36.0 Å². The van der Waals surface area contributed by atoms with E-state index in [1.54, 1.807) is 18.3 Å². The van der Waals surface area contributed by atoms with Gasteiger partial charge in [-0.1, -0.05) is 24.6 Å². The Labute approximate surface area is 164 Å². The van der Waals surface area contributed by atoms with Crippen molar-refractivity contribution >= 4 is 11.8 Å². The molecule has 0 aliphatic carbocycles. The third kappa shape index (κ3) is 4.67. The van der Waals surface area contributed by atoms with Crippen molar-refractivity contribution in [3.05, 3.63) is 48.2 Å². The number of pyridine rings is 1. The highest BCUT2D eigenvalue weighted by atomic mass is 16.7. The molecule has 0 saturated heterocycles. The summed E-state index contributed by atoms with van der Waals surface area (Å²) in [5, 5.41) is 4.03. The lowest BCUT2D eigenvalue weighted by Crippen LogP contribution is -2.47. The number of ether oxygens (including phenoxy) is 1. The fourth-order valence-electron chi connectivity index (χ4n) is 3.17. The van der Waals surface area contributed by atoms with Crippen LogP contribution in [0.2, 0.25) is 0 Å². The normalized spacial score (nSPS) is 17.5. The largest absolute Gasteiger partial charge is 0.493 e. The molecular weight excluding hydrogens is 358 g/mol. The Morgan fingerprint density at radius 3 is 2.79 bits per heavy atom. The average molecular weight is 383 g/mol. The fourth-order valence-corrected chi connectivity index (χ4v) is 3.17. The minimum Gasteiger partial charge on any atom is -0.493 e. The topological polar surface area (TPSA) is 80.8 Å². The number of nitrogens with one attached hydrogen (secondary N) is 1. The number of fused-ring (bicyclic) bond motifs is 4. The van der Waals surface area contributed by atoms with E-state index in [0.717, 1.165) is 30.1 Å². The number of hydrogen-bond acceptors (Lipinski definition) is 5. The summed E-state index contributed by atoms with van der Waals surface area (Å²) in [6.07, 6.45) is 4.75. The molecule has 0 fully saturated rings. The SMILES string of the molecule is CON(C)C(=O)[C@@H]1CCCCCOc2ccnc(c2)-c2ccccc2C(=O)N1. The maximum Gasteiger partial charge on any atom is 0.268 e. The van der Waals surface area contributed by atoms with Gasteiger partial charge in [0.2, 0.25) is 0 Å². The van der Waals surface area contributed by atoms with E-state index < -0.39 is 6.04 Å². The smallest absolute Gasteiger partial charge is 0.268 e. The lowest BCUT2D eigenvalue weighted by molar-refractivity contribution is -0.171. The number of amides is 2. The second kappa shape index (κ2) is 9.32. The summed E-state index contributed by atoms with van der Waals surface area (Å²) < 4.78 is 5.83. The first kappa shape index (κ1) is 19.8. The zero-order chi connectivity index (χ0) is 19.9. The van der Waals surface area contributed by atoms with Gasteiger partial charge in [-0.15, -0.1) is 0 Å². The van der Waals surface area contributed by atoms with Gasteiger partial charge in [0.05, 0.1) is 19.4 Å². The van der Waals surface area contributed by atoms with Crippen LogP contribution in [0.25, 0.3) is 11.3 Å². The van der Waals surface area contributed by atoms with Crippen molar-refractivity contribution in [1.29, 1.82) is 0 Å². The monoisotopic (exact) mass is 383 g/mol. The third-order valence-electron chi connectivity index (χ3n) is 4.77. The lowest BCUT2D eigenvalue weighted by atomic mass is 10.0. The van der Waals surface area contributed by atoms with Gasteiger partial charge in [0.15, 0.2) is 0 Å². The molecule has 1 aromatic heterocycles. The van der Waals surface area contributed by atoms with Gasteiger partial charge in [-0.3, -0.25) is 19.4 Å². The van der Waals surface area contributed by atoms with E-state index in [9.17, 15) is 9.59 Å². The van der Waals surface area contributed by atoms with Crippen LogP contribution in [0, 0.1) is 0 Å². The van der Waals surface area contributed by atoms with Crippen molar-refractivity contribution in [2.75, 3.05) is 20.8 Å². The van der Waals surface area contributed by atoms with Crippen LogP contribution < -0.4 is 10.1 Å². The van der Waals surface area contributed by atoms with Crippen molar-refractivity contribution in [2.45, 2.75) is 31.7 Å². The van der Waals surface area contributed by atoms with Crippen LogP contribution in [0.15, 0.2) is 42.6 Å². The fraction of sp³-hybridized carbons (Fsp3) is 0.381. The maximum atomic E-state index is 13.0. The number of nitrogens with zero attached hydrogens (tertiary/aromatic N) is 2. The van der Waals surface area contributed by atoms with Crippen LogP contribution in [0.5, 0.6) is 5.75 Å². The average Bonchev–Trinajstić information content (AvgIpc) is 2.73. The third-order valence-corrected chi connectivity index (χ3v) is 4.77. The van der Waals surface area contributed by atoms with Crippen LogP contribution >= 0.6 is 0 Å². The molecule has 0 radical (unpaired) electrons. The first-order valence-electron chi connectivity index (χ1n) is 9.41. The quantitative estimate of drug-likeness (QED) is 0.807. The van der Waals surface area contributed by atoms with Crippen LogP contribution in [0.4, 0.5) is 0 Å². The lowest BCUT2D eigenvalue weighted by Gasteiger charge is -2.23. The molecule has 7 heteroatoms. The second-order valence-electron chi connectivity index (χ2n) is 6.66. The van der Waals surface area contributed by atoms with E-state index in [1.807, 2.05) is 24.3 Å². The number of aromatic nitrogens is 1. The molecule has 0 unspecified atom stereocenters. The van der Waals surface area contributed by atoms with E-state index in [1.165, 1.54) is 14.2 Å². The molecular formula is C21H25N3O4. The number of hydrogen-bond donors (Lipinski definition) is 1. The summed E-state index contributed by atoms with van der Waals surface area (Å²) in [5.74, 6) is 0.132. The summed E-state index contributed by atoms with van der Waals surface area (Å²) in [6.45, 7) is 0.591. The van der Waals surface area contributed by atoms with E-state index in [4.69, 9.17) is 9.57 Å². The van der Waals surface area contributed by atoms with Gasteiger partial charge in [-0.05, 0) is 31.4 Å². The predicted octanol–water partition coefficient (Wildman–Crippen LogP) is 2.82. The van der Waals surface area contributed by atoms with Gasteiger partial charge < -0.3 is 10.1 Å². The minimum absolute atomic E-state index is 0.281. The Morgan fingerprint density at radius 2 is 2.00 bits per heavy atom. The van der Waals surface area contributed by atoms with Crippen molar-refractivity contribution < 1.29 is 19.2 Å². The van der Waals surface area contributed by atoms with E-state index >= 15 is 0 Å². The molecule has 0 saturated carbocycles. The summed E-state index contributed by atoms with van der Waals surface area (Å²) in [5.41, 5.74) is 1.80. The molecule has 2 aromatic rings. The number of carbonyl (C=O) groups is 2. The number of likely N-dealkylation sites (N-methyl/N-ethyl adjacent to an activating group) is 1. The van der Waals surface area contributed by atoms with Gasteiger partial charge in [-0.25, -0.2) is 5.06 Å². The number of hydroxylamine groups is 2. The molecule has 1 aromatic carbocycles. The first-order valence-corrected chi connectivity index (χ1v) is 9.41. The summed E-state index contributed by atoms with van der Waals surface area (Å²) in [7, 11) is 2.96. The highest BCUT2D eigenvalue weighted by Gasteiger charge is 2.25. The second-order valence-corrected chi connectivity index (χ2v) is 6.66. The van der Waals surface area contributed by atoms with Crippen molar-refractivity contribution in [3.8, 4) is 17.0 Å². The predicted molar refractivity (Wildman–Crippen MR) is 105 cm³/mol. The molecule has 1 aliphatic rings. The summed E-state index contributed by atoms with van der Waals surface area (Å²) >= 11 is 0. The van der Waals surface area contributed by atoms with Gasteiger partial charge in [0, 0.05) is 30.4 Å². The molecule has 1 aliphatic heterocycles. The Hall–Kier alpha value is -2.93. The van der Waals surface area contributed by atoms with Crippen molar-refractivity contribution in [3.63, 3.8) is 0 Å². The molecule has 1 N–H and O–H groups in total. The Bertz CT molecular complexity index is 840. The molecule has 7 nitrogen and oxygen atoms in total. The molecule has 0 spiro atoms. The molecule has 2 bridgehead atoms. The van der Waals surface area contributed by atoms with Gasteiger partial charge in [0.1, 0.15) is 11.8 Å². The van der Waals surface area contributed by atoms with Crippen LogP contribution in [0.3, 0.4) is 0 Å². The molecule has 28 heavy (non-hydrogen) atoms. The number of benzene rings is 1. The number of rotatable bonds is 2. The van der Waals surface area contributed by atoms with E-state index in [2.05, 4.69) is 10.3 Å². The molecule has 2 heterocycles. The van der Waals surface area contributed by atoms with Crippen molar-refractivity contribution in [1.82, 2.24) is 15.4 Å².